The number of amides is 2. The highest BCUT2D eigenvalue weighted by atomic mass is 32.1. The fourth-order valence-electron chi connectivity index (χ4n) is 2.01. The quantitative estimate of drug-likeness (QED) is 0.688. The number of benzene rings is 1. The first-order valence-electron chi connectivity index (χ1n) is 7.94. The lowest BCUT2D eigenvalue weighted by molar-refractivity contribution is -0.153. The molecule has 1 atom stereocenters. The number of nitrogens with two attached hydrogens (primary N) is 1. The summed E-state index contributed by atoms with van der Waals surface area (Å²) in [5, 5.41) is 4.50. The first-order chi connectivity index (χ1) is 12.4. The van der Waals surface area contributed by atoms with Crippen LogP contribution in [0.1, 0.15) is 29.3 Å². The molecule has 0 spiro atoms. The third-order valence-electron chi connectivity index (χ3n) is 3.44. The van der Waals surface area contributed by atoms with E-state index in [0.29, 0.717) is 10.8 Å². The maximum absolute atomic E-state index is 12.1. The summed E-state index contributed by atoms with van der Waals surface area (Å²) in [5.41, 5.74) is 6.55. The zero-order valence-electron chi connectivity index (χ0n) is 14.5. The largest absolute Gasteiger partial charge is 0.493 e. The number of anilines is 1. The van der Waals surface area contributed by atoms with E-state index in [2.05, 4.69) is 5.32 Å². The number of ether oxygens (including phenoxy) is 2. The van der Waals surface area contributed by atoms with Gasteiger partial charge in [-0.3, -0.25) is 14.4 Å². The van der Waals surface area contributed by atoms with Crippen molar-refractivity contribution >= 4 is 34.1 Å². The number of nitrogens with one attached hydrogen (secondary N) is 1. The molecule has 0 bridgehead atoms. The molecule has 2 amide bonds. The standard InChI is InChI=1S/C18H20N2O5S/c1-11-3-5-13(6-4-11)24-9-7-15(21)25-12(2)17(23)20-18-14(16(19)22)8-10-26-18/h3-6,8,10,12H,7,9H2,1-2H3,(H2,19,22)(H,20,23)/t12-/m0/s1. The van der Waals surface area contributed by atoms with Crippen LogP contribution in [0.5, 0.6) is 5.75 Å². The Balaban J connectivity index is 1.77. The lowest BCUT2D eigenvalue weighted by Crippen LogP contribution is -2.30. The number of rotatable bonds is 8. The summed E-state index contributed by atoms with van der Waals surface area (Å²) in [6, 6.07) is 8.96. The van der Waals surface area contributed by atoms with Gasteiger partial charge in [-0.1, -0.05) is 17.7 Å². The van der Waals surface area contributed by atoms with Gasteiger partial charge in [0.1, 0.15) is 10.8 Å². The molecular weight excluding hydrogens is 356 g/mol. The second-order valence-electron chi connectivity index (χ2n) is 5.56. The van der Waals surface area contributed by atoms with Gasteiger partial charge in [0.15, 0.2) is 6.10 Å². The number of thiophene rings is 1. The van der Waals surface area contributed by atoms with Crippen LogP contribution in [0.15, 0.2) is 35.7 Å². The Bertz CT molecular complexity index is 785. The van der Waals surface area contributed by atoms with Gasteiger partial charge in [-0.25, -0.2) is 0 Å². The molecule has 0 radical (unpaired) electrons. The van der Waals surface area contributed by atoms with Gasteiger partial charge in [0.25, 0.3) is 11.8 Å². The van der Waals surface area contributed by atoms with Crippen LogP contribution in [0.25, 0.3) is 0 Å². The summed E-state index contributed by atoms with van der Waals surface area (Å²) >= 11 is 1.16. The van der Waals surface area contributed by atoms with Crippen molar-refractivity contribution in [3.63, 3.8) is 0 Å². The predicted octanol–water partition coefficient (Wildman–Crippen LogP) is 2.49. The van der Waals surface area contributed by atoms with E-state index in [1.165, 1.54) is 13.0 Å². The first-order valence-corrected chi connectivity index (χ1v) is 8.82. The minimum Gasteiger partial charge on any atom is -0.493 e. The Hall–Kier alpha value is -2.87. The third-order valence-corrected chi connectivity index (χ3v) is 4.27. The van der Waals surface area contributed by atoms with Gasteiger partial charge in [0, 0.05) is 0 Å². The fraction of sp³-hybridized carbons (Fsp3) is 0.278. The summed E-state index contributed by atoms with van der Waals surface area (Å²) in [4.78, 5) is 35.2. The number of esters is 1. The van der Waals surface area contributed by atoms with E-state index in [-0.39, 0.29) is 18.6 Å². The van der Waals surface area contributed by atoms with Crippen LogP contribution in [-0.4, -0.2) is 30.5 Å². The molecule has 8 heteroatoms. The molecule has 138 valence electrons. The lowest BCUT2D eigenvalue weighted by atomic mass is 10.2. The molecule has 1 aromatic carbocycles. The van der Waals surface area contributed by atoms with E-state index in [1.54, 1.807) is 5.38 Å². The molecule has 0 fully saturated rings. The highest BCUT2D eigenvalue weighted by Crippen LogP contribution is 2.23. The van der Waals surface area contributed by atoms with Gasteiger partial charge in [-0.15, -0.1) is 11.3 Å². The molecule has 0 unspecified atom stereocenters. The van der Waals surface area contributed by atoms with Gasteiger partial charge in [-0.05, 0) is 37.4 Å². The van der Waals surface area contributed by atoms with Crippen LogP contribution >= 0.6 is 11.3 Å². The number of carbonyl (C=O) groups is 3. The Morgan fingerprint density at radius 2 is 1.88 bits per heavy atom. The van der Waals surface area contributed by atoms with Gasteiger partial charge >= 0.3 is 5.97 Å². The molecule has 2 aromatic rings. The summed E-state index contributed by atoms with van der Waals surface area (Å²) in [7, 11) is 0. The van der Waals surface area contributed by atoms with Crippen molar-refractivity contribution in [1.29, 1.82) is 0 Å². The first kappa shape index (κ1) is 19.5. The number of aryl methyl sites for hydroxylation is 1. The summed E-state index contributed by atoms with van der Waals surface area (Å²) < 4.78 is 10.5. The van der Waals surface area contributed by atoms with Crippen molar-refractivity contribution in [2.24, 2.45) is 5.73 Å². The lowest BCUT2D eigenvalue weighted by Gasteiger charge is -2.13. The Morgan fingerprint density at radius 3 is 2.54 bits per heavy atom. The Labute approximate surface area is 155 Å². The number of carbonyl (C=O) groups excluding carboxylic acids is 3. The molecule has 0 saturated carbocycles. The molecule has 3 N–H and O–H groups in total. The number of primary amides is 1. The van der Waals surface area contributed by atoms with Crippen molar-refractivity contribution in [2.75, 3.05) is 11.9 Å². The average molecular weight is 376 g/mol. The minimum atomic E-state index is -1.01. The second-order valence-corrected chi connectivity index (χ2v) is 6.48. The zero-order valence-corrected chi connectivity index (χ0v) is 15.3. The van der Waals surface area contributed by atoms with Crippen molar-refractivity contribution in [3.05, 3.63) is 46.8 Å². The van der Waals surface area contributed by atoms with Gasteiger partial charge < -0.3 is 20.5 Å². The number of hydrogen-bond donors (Lipinski definition) is 2. The molecule has 0 saturated heterocycles. The maximum Gasteiger partial charge on any atom is 0.310 e. The van der Waals surface area contributed by atoms with E-state index in [9.17, 15) is 14.4 Å². The average Bonchev–Trinajstić information content (AvgIpc) is 3.05. The van der Waals surface area contributed by atoms with Crippen LogP contribution in [0.3, 0.4) is 0 Å². The molecule has 2 rings (SSSR count). The molecule has 0 aliphatic carbocycles. The highest BCUT2D eigenvalue weighted by Gasteiger charge is 2.20. The molecule has 1 aromatic heterocycles. The fourth-order valence-corrected chi connectivity index (χ4v) is 2.81. The Kier molecular flexibility index (Phi) is 6.74. The summed E-state index contributed by atoms with van der Waals surface area (Å²) in [6.07, 6.45) is -0.999. The van der Waals surface area contributed by atoms with E-state index in [0.717, 1.165) is 16.9 Å². The minimum absolute atomic E-state index is 0.0109. The van der Waals surface area contributed by atoms with E-state index in [4.69, 9.17) is 15.2 Å². The molecule has 26 heavy (non-hydrogen) atoms. The summed E-state index contributed by atoms with van der Waals surface area (Å²) in [5.74, 6) is -1.07. The van der Waals surface area contributed by atoms with Crippen LogP contribution < -0.4 is 15.8 Å². The van der Waals surface area contributed by atoms with Crippen molar-refractivity contribution in [3.8, 4) is 5.75 Å². The smallest absolute Gasteiger partial charge is 0.310 e. The van der Waals surface area contributed by atoms with Crippen molar-refractivity contribution in [1.82, 2.24) is 0 Å². The van der Waals surface area contributed by atoms with Crippen molar-refractivity contribution < 1.29 is 23.9 Å². The molecule has 7 nitrogen and oxygen atoms in total. The molecule has 0 aliphatic heterocycles. The van der Waals surface area contributed by atoms with Crippen LogP contribution in [0, 0.1) is 6.92 Å². The van der Waals surface area contributed by atoms with E-state index in [1.807, 2.05) is 31.2 Å². The maximum atomic E-state index is 12.1. The normalized spacial score (nSPS) is 11.5. The van der Waals surface area contributed by atoms with Gasteiger partial charge in [0.2, 0.25) is 0 Å². The SMILES string of the molecule is Cc1ccc(OCCC(=O)O[C@@H](C)C(=O)Nc2sccc2C(N)=O)cc1. The number of hydrogen-bond acceptors (Lipinski definition) is 6. The third kappa shape index (κ3) is 5.59. The van der Waals surface area contributed by atoms with Gasteiger partial charge in [0.05, 0.1) is 18.6 Å². The summed E-state index contributed by atoms with van der Waals surface area (Å²) in [6.45, 7) is 3.56. The molecular formula is C18H20N2O5S. The van der Waals surface area contributed by atoms with E-state index >= 15 is 0 Å². The van der Waals surface area contributed by atoms with Crippen molar-refractivity contribution in [2.45, 2.75) is 26.4 Å². The predicted molar refractivity (Wildman–Crippen MR) is 98.3 cm³/mol. The molecule has 0 aliphatic rings. The van der Waals surface area contributed by atoms with Crippen LogP contribution in [0.4, 0.5) is 5.00 Å². The monoisotopic (exact) mass is 376 g/mol. The second kappa shape index (κ2) is 9.00. The topological polar surface area (TPSA) is 108 Å². The zero-order chi connectivity index (χ0) is 19.1. The van der Waals surface area contributed by atoms with Gasteiger partial charge in [-0.2, -0.15) is 0 Å². The van der Waals surface area contributed by atoms with Crippen LogP contribution in [-0.2, 0) is 14.3 Å². The highest BCUT2D eigenvalue weighted by molar-refractivity contribution is 7.14. The van der Waals surface area contributed by atoms with E-state index < -0.39 is 23.9 Å². The Morgan fingerprint density at radius 1 is 1.19 bits per heavy atom. The molecule has 1 heterocycles. The van der Waals surface area contributed by atoms with Crippen LogP contribution in [0.2, 0.25) is 0 Å².